The standard InChI is InChI=1S/C30H40O11/c1-9-10-24(34)39-22-14-20(36-17(4)31)16(3)13-23-30(29(8,41-30)27(35)40-23)26(38-19(6)33)25-15(2)11-12-21(28(22,25)7)37-18(5)32/h11,13,20-23,25-26H,9-10,12,14H2,1-8H3/b16-13-/t20-,21+,22+,23+,25-,26+,28-,29+,30+/m1/s1. The molecule has 0 bridgehead atoms. The molecule has 2 aliphatic carbocycles. The summed E-state index contributed by atoms with van der Waals surface area (Å²) in [4.78, 5) is 63.5. The summed E-state index contributed by atoms with van der Waals surface area (Å²) >= 11 is 0. The molecule has 0 aromatic rings. The second-order valence-corrected chi connectivity index (χ2v) is 11.9. The minimum Gasteiger partial charge on any atom is -0.461 e. The zero-order valence-electron chi connectivity index (χ0n) is 24.9. The van der Waals surface area contributed by atoms with Gasteiger partial charge in [0.1, 0.15) is 24.4 Å². The van der Waals surface area contributed by atoms with Crippen LogP contribution in [0.3, 0.4) is 0 Å². The molecular weight excluding hydrogens is 536 g/mol. The van der Waals surface area contributed by atoms with Crippen molar-refractivity contribution in [3.63, 3.8) is 0 Å². The van der Waals surface area contributed by atoms with Gasteiger partial charge in [-0.25, -0.2) is 4.79 Å². The van der Waals surface area contributed by atoms with E-state index in [1.165, 1.54) is 20.8 Å². The van der Waals surface area contributed by atoms with Crippen molar-refractivity contribution < 1.29 is 52.4 Å². The molecule has 4 rings (SSSR count). The van der Waals surface area contributed by atoms with Gasteiger partial charge in [-0.3, -0.25) is 19.2 Å². The van der Waals surface area contributed by atoms with E-state index in [0.717, 1.165) is 5.57 Å². The van der Waals surface area contributed by atoms with E-state index < -0.39 is 82.9 Å². The van der Waals surface area contributed by atoms with Crippen molar-refractivity contribution in [2.24, 2.45) is 11.3 Å². The van der Waals surface area contributed by atoms with Crippen LogP contribution in [0.1, 0.15) is 81.1 Å². The molecule has 11 heteroatoms. The van der Waals surface area contributed by atoms with Gasteiger partial charge in [0.25, 0.3) is 0 Å². The van der Waals surface area contributed by atoms with Gasteiger partial charge in [-0.15, -0.1) is 0 Å². The van der Waals surface area contributed by atoms with Gasteiger partial charge in [0.05, 0.1) is 5.41 Å². The molecule has 2 heterocycles. The van der Waals surface area contributed by atoms with Crippen LogP contribution in [-0.4, -0.2) is 71.6 Å². The molecule has 4 aliphatic rings. The third kappa shape index (κ3) is 5.06. The van der Waals surface area contributed by atoms with E-state index in [2.05, 4.69) is 0 Å². The van der Waals surface area contributed by atoms with Crippen LogP contribution >= 0.6 is 0 Å². The Morgan fingerprint density at radius 2 is 1.56 bits per heavy atom. The highest BCUT2D eigenvalue weighted by molar-refractivity contribution is 5.89. The van der Waals surface area contributed by atoms with Crippen LogP contribution in [-0.2, 0) is 52.4 Å². The summed E-state index contributed by atoms with van der Waals surface area (Å²) in [5, 5.41) is 0. The van der Waals surface area contributed by atoms with Crippen LogP contribution in [0.25, 0.3) is 0 Å². The van der Waals surface area contributed by atoms with E-state index in [-0.39, 0.29) is 12.8 Å². The van der Waals surface area contributed by atoms with E-state index in [4.69, 9.17) is 28.4 Å². The van der Waals surface area contributed by atoms with Gasteiger partial charge in [0.15, 0.2) is 17.3 Å². The van der Waals surface area contributed by atoms with Crippen LogP contribution in [0.2, 0.25) is 0 Å². The lowest BCUT2D eigenvalue weighted by Crippen LogP contribution is -2.62. The van der Waals surface area contributed by atoms with Crippen molar-refractivity contribution in [2.45, 2.75) is 123 Å². The van der Waals surface area contributed by atoms with E-state index >= 15 is 0 Å². The van der Waals surface area contributed by atoms with Crippen LogP contribution in [0, 0.1) is 11.3 Å². The zero-order valence-corrected chi connectivity index (χ0v) is 24.9. The van der Waals surface area contributed by atoms with Gasteiger partial charge in [-0.2, -0.15) is 0 Å². The normalized spacial score (nSPS) is 40.6. The molecule has 0 radical (unpaired) electrons. The van der Waals surface area contributed by atoms with Gasteiger partial charge >= 0.3 is 29.8 Å². The molecule has 0 unspecified atom stereocenters. The smallest absolute Gasteiger partial charge is 0.342 e. The van der Waals surface area contributed by atoms with Crippen molar-refractivity contribution in [2.75, 3.05) is 0 Å². The van der Waals surface area contributed by atoms with Gasteiger partial charge in [0, 0.05) is 46.0 Å². The Balaban J connectivity index is 2.02. The Morgan fingerprint density at radius 3 is 2.12 bits per heavy atom. The van der Waals surface area contributed by atoms with E-state index in [9.17, 15) is 24.0 Å². The maximum absolute atomic E-state index is 13.1. The van der Waals surface area contributed by atoms with E-state index in [1.54, 1.807) is 19.9 Å². The number of hydrogen-bond acceptors (Lipinski definition) is 11. The lowest BCUT2D eigenvalue weighted by atomic mass is 9.56. The fraction of sp³-hybridized carbons (Fsp3) is 0.700. The topological polar surface area (TPSA) is 144 Å². The van der Waals surface area contributed by atoms with Crippen molar-refractivity contribution in [3.8, 4) is 0 Å². The minimum atomic E-state index is -1.44. The van der Waals surface area contributed by atoms with Crippen LogP contribution in [0.4, 0.5) is 0 Å². The first-order chi connectivity index (χ1) is 19.1. The fourth-order valence-electron chi connectivity index (χ4n) is 7.02. The largest absolute Gasteiger partial charge is 0.461 e. The number of carbonyl (C=O) groups is 5. The minimum absolute atomic E-state index is 0.0218. The summed E-state index contributed by atoms with van der Waals surface area (Å²) in [5.74, 6) is -3.56. The monoisotopic (exact) mass is 576 g/mol. The quantitative estimate of drug-likeness (QED) is 0.199. The molecule has 0 aromatic heterocycles. The molecule has 0 N–H and O–H groups in total. The third-order valence-corrected chi connectivity index (χ3v) is 9.04. The molecule has 9 atom stereocenters. The highest BCUT2D eigenvalue weighted by Gasteiger charge is 2.87. The predicted molar refractivity (Wildman–Crippen MR) is 142 cm³/mol. The Bertz CT molecular complexity index is 1200. The molecular formula is C30H40O11. The maximum Gasteiger partial charge on any atom is 0.342 e. The maximum atomic E-state index is 13.1. The van der Waals surface area contributed by atoms with Crippen LogP contribution in [0.5, 0.6) is 0 Å². The Labute approximate surface area is 239 Å². The van der Waals surface area contributed by atoms with E-state index in [1.807, 2.05) is 26.8 Å². The first kappa shape index (κ1) is 30.7. The summed E-state index contributed by atoms with van der Waals surface area (Å²) < 4.78 is 35.8. The Morgan fingerprint density at radius 1 is 0.927 bits per heavy atom. The molecule has 0 amide bonds. The average molecular weight is 577 g/mol. The SMILES string of the molecule is CCCC(=O)O[C@H]1C[C@@H](OC(C)=O)/C(C)=C\[C@@H]2OC(=O)[C@]3(C)O[C@]23[C@@H](OC(C)=O)[C@H]2C(C)=CC[C@H](OC(C)=O)[C@]12C. The van der Waals surface area contributed by atoms with Crippen molar-refractivity contribution in [1.29, 1.82) is 0 Å². The zero-order chi connectivity index (χ0) is 30.5. The van der Waals surface area contributed by atoms with Crippen molar-refractivity contribution in [1.82, 2.24) is 0 Å². The third-order valence-electron chi connectivity index (χ3n) is 9.04. The molecule has 2 saturated heterocycles. The first-order valence-corrected chi connectivity index (χ1v) is 14.1. The molecule has 41 heavy (non-hydrogen) atoms. The number of ether oxygens (including phenoxy) is 6. The number of fused-ring (bicyclic) bond motifs is 1. The molecule has 11 nitrogen and oxygen atoms in total. The molecule has 0 saturated carbocycles. The summed E-state index contributed by atoms with van der Waals surface area (Å²) in [6.07, 6.45) is -0.210. The summed E-state index contributed by atoms with van der Waals surface area (Å²) in [6.45, 7) is 12.7. The van der Waals surface area contributed by atoms with Gasteiger partial charge < -0.3 is 28.4 Å². The summed E-state index contributed by atoms with van der Waals surface area (Å²) in [7, 11) is 0. The van der Waals surface area contributed by atoms with Crippen LogP contribution < -0.4 is 0 Å². The number of esters is 5. The summed E-state index contributed by atoms with van der Waals surface area (Å²) in [5.41, 5.74) is -2.79. The van der Waals surface area contributed by atoms with Crippen LogP contribution in [0.15, 0.2) is 23.3 Å². The van der Waals surface area contributed by atoms with Crippen molar-refractivity contribution >= 4 is 29.8 Å². The number of carbonyl (C=O) groups excluding carboxylic acids is 5. The second kappa shape index (κ2) is 10.9. The molecule has 2 fully saturated rings. The van der Waals surface area contributed by atoms with Gasteiger partial charge in [-0.05, 0) is 38.8 Å². The lowest BCUT2D eigenvalue weighted by Gasteiger charge is -2.53. The number of rotatable bonds is 6. The number of hydrogen-bond donors (Lipinski definition) is 0. The predicted octanol–water partition coefficient (Wildman–Crippen LogP) is 3.27. The van der Waals surface area contributed by atoms with Gasteiger partial charge in [-0.1, -0.05) is 25.5 Å². The van der Waals surface area contributed by atoms with Crippen molar-refractivity contribution in [3.05, 3.63) is 23.3 Å². The molecule has 1 spiro atoms. The fourth-order valence-corrected chi connectivity index (χ4v) is 7.02. The first-order valence-electron chi connectivity index (χ1n) is 14.1. The van der Waals surface area contributed by atoms with E-state index in [0.29, 0.717) is 18.4 Å². The molecule has 0 aromatic carbocycles. The molecule has 226 valence electrons. The highest BCUT2D eigenvalue weighted by Crippen LogP contribution is 2.65. The molecule has 2 aliphatic heterocycles. The lowest BCUT2D eigenvalue weighted by molar-refractivity contribution is -0.201. The second-order valence-electron chi connectivity index (χ2n) is 11.9. The highest BCUT2D eigenvalue weighted by atomic mass is 16.7. The average Bonchev–Trinajstić information content (AvgIpc) is 3.44. The number of epoxide rings is 1. The van der Waals surface area contributed by atoms with Gasteiger partial charge in [0.2, 0.25) is 0 Å². The Kier molecular flexibility index (Phi) is 8.16. The Hall–Kier alpha value is -3.21. The summed E-state index contributed by atoms with van der Waals surface area (Å²) in [6, 6.07) is 0.